The number of fused-ring (bicyclic) bond motifs is 2. The molecule has 7 nitrogen and oxygen atoms in total. The van der Waals surface area contributed by atoms with Crippen molar-refractivity contribution >= 4 is 22.8 Å². The van der Waals surface area contributed by atoms with Gasteiger partial charge in [-0.05, 0) is 36.8 Å². The minimum Gasteiger partial charge on any atom is -0.366 e. The van der Waals surface area contributed by atoms with Crippen LogP contribution in [0.2, 0.25) is 0 Å². The molecule has 0 aromatic carbocycles. The highest BCUT2D eigenvalue weighted by Crippen LogP contribution is 2.41. The smallest absolute Gasteiger partial charge is 0.366 e. The van der Waals surface area contributed by atoms with Gasteiger partial charge < -0.3 is 10.2 Å². The molecule has 170 valence electrons. The Labute approximate surface area is 179 Å². The molecule has 3 aromatic heterocycles. The number of aromatic nitrogens is 5. The topological polar surface area (TPSA) is 71.8 Å². The van der Waals surface area contributed by atoms with Gasteiger partial charge in [0.1, 0.15) is 29.4 Å². The highest BCUT2D eigenvalue weighted by Gasteiger charge is 2.42. The fourth-order valence-corrected chi connectivity index (χ4v) is 4.75. The molecule has 1 saturated carbocycles. The molecule has 3 aromatic rings. The van der Waals surface area contributed by atoms with Crippen molar-refractivity contribution in [3.8, 4) is 0 Å². The SMILES string of the molecule is FC(F)Cn1ncc2ncc(NC3CC4CN(c5cccc(C(F)(F)F)n5)CC4C3)nc21. The Kier molecular flexibility index (Phi) is 5.09. The van der Waals surface area contributed by atoms with E-state index in [0.29, 0.717) is 47.7 Å². The Bertz CT molecular complexity index is 1100. The van der Waals surface area contributed by atoms with E-state index in [2.05, 4.69) is 25.4 Å². The van der Waals surface area contributed by atoms with Crippen LogP contribution in [0.5, 0.6) is 0 Å². The summed E-state index contributed by atoms with van der Waals surface area (Å²) >= 11 is 0. The summed E-state index contributed by atoms with van der Waals surface area (Å²) in [5, 5.41) is 7.25. The Morgan fingerprint density at radius 2 is 1.81 bits per heavy atom. The van der Waals surface area contributed by atoms with Gasteiger partial charge in [0.25, 0.3) is 6.43 Å². The zero-order chi connectivity index (χ0) is 22.5. The molecule has 1 N–H and O–H groups in total. The molecule has 0 spiro atoms. The third kappa shape index (κ3) is 4.05. The highest BCUT2D eigenvalue weighted by atomic mass is 19.4. The fourth-order valence-electron chi connectivity index (χ4n) is 4.75. The molecule has 0 bridgehead atoms. The molecule has 1 aliphatic carbocycles. The molecular weight excluding hydrogens is 433 g/mol. The van der Waals surface area contributed by atoms with E-state index in [4.69, 9.17) is 0 Å². The molecule has 12 heteroatoms. The van der Waals surface area contributed by atoms with E-state index in [1.54, 1.807) is 12.3 Å². The molecule has 2 fully saturated rings. The molecule has 0 amide bonds. The Morgan fingerprint density at radius 3 is 2.50 bits per heavy atom. The fraction of sp³-hybridized carbons (Fsp3) is 0.500. The van der Waals surface area contributed by atoms with Crippen molar-refractivity contribution in [3.05, 3.63) is 36.3 Å². The number of hydrogen-bond acceptors (Lipinski definition) is 6. The van der Waals surface area contributed by atoms with E-state index in [1.807, 2.05) is 4.90 Å². The maximum absolute atomic E-state index is 13.0. The number of rotatable bonds is 5. The number of hydrogen-bond donors (Lipinski definition) is 1. The van der Waals surface area contributed by atoms with Gasteiger partial charge in [-0.2, -0.15) is 18.3 Å². The monoisotopic (exact) mass is 453 g/mol. The standard InChI is InChI=1S/C20H20F5N7/c21-16(22)10-32-19-14(6-27-32)26-7-17(30-19)28-13-4-11-8-31(9-12(11)5-13)18-3-1-2-15(29-18)20(23,24)25/h1-3,6-7,11-13,16H,4-5,8-10H2,(H,28,30). The number of anilines is 2. The van der Waals surface area contributed by atoms with Crippen LogP contribution >= 0.6 is 0 Å². The molecule has 2 atom stereocenters. The first kappa shape index (κ1) is 20.8. The molecule has 4 heterocycles. The van der Waals surface area contributed by atoms with Gasteiger partial charge in [-0.15, -0.1) is 0 Å². The van der Waals surface area contributed by atoms with E-state index < -0.39 is 24.8 Å². The zero-order valence-electron chi connectivity index (χ0n) is 16.8. The summed E-state index contributed by atoms with van der Waals surface area (Å²) in [6.07, 6.45) is -2.38. The molecule has 1 saturated heterocycles. The third-order valence-corrected chi connectivity index (χ3v) is 6.11. The molecule has 32 heavy (non-hydrogen) atoms. The summed E-state index contributed by atoms with van der Waals surface area (Å²) in [4.78, 5) is 14.4. The van der Waals surface area contributed by atoms with Crippen LogP contribution in [0.3, 0.4) is 0 Å². The Morgan fingerprint density at radius 1 is 1.06 bits per heavy atom. The van der Waals surface area contributed by atoms with Crippen LogP contribution in [0.4, 0.5) is 33.6 Å². The Balaban J connectivity index is 1.23. The van der Waals surface area contributed by atoms with Crippen LogP contribution in [0.1, 0.15) is 18.5 Å². The normalized spacial score (nSPS) is 23.3. The number of halogens is 5. The summed E-state index contributed by atoms with van der Waals surface area (Å²) in [7, 11) is 0. The van der Waals surface area contributed by atoms with Crippen LogP contribution in [0.15, 0.2) is 30.6 Å². The molecule has 5 rings (SSSR count). The largest absolute Gasteiger partial charge is 0.433 e. The van der Waals surface area contributed by atoms with Gasteiger partial charge >= 0.3 is 6.18 Å². The Hall–Kier alpha value is -3.05. The van der Waals surface area contributed by atoms with Gasteiger partial charge in [0.15, 0.2) is 5.65 Å². The molecule has 2 aliphatic rings. The molecule has 2 unspecified atom stereocenters. The lowest BCUT2D eigenvalue weighted by Gasteiger charge is -2.21. The third-order valence-electron chi connectivity index (χ3n) is 6.11. The predicted octanol–water partition coefficient (Wildman–Crippen LogP) is 3.83. The van der Waals surface area contributed by atoms with Crippen molar-refractivity contribution in [2.75, 3.05) is 23.3 Å². The van der Waals surface area contributed by atoms with E-state index in [1.165, 1.54) is 12.3 Å². The summed E-state index contributed by atoms with van der Waals surface area (Å²) in [5.74, 6) is 1.49. The van der Waals surface area contributed by atoms with Crippen molar-refractivity contribution in [2.45, 2.75) is 38.0 Å². The van der Waals surface area contributed by atoms with Crippen molar-refractivity contribution in [3.63, 3.8) is 0 Å². The second-order valence-corrected chi connectivity index (χ2v) is 8.30. The minimum atomic E-state index is -4.46. The average Bonchev–Trinajstić information content (AvgIpc) is 3.41. The van der Waals surface area contributed by atoms with Crippen LogP contribution in [0, 0.1) is 11.8 Å². The van der Waals surface area contributed by atoms with E-state index in [-0.39, 0.29) is 6.04 Å². The summed E-state index contributed by atoms with van der Waals surface area (Å²) < 4.78 is 65.5. The number of alkyl halides is 5. The maximum Gasteiger partial charge on any atom is 0.433 e. The van der Waals surface area contributed by atoms with E-state index in [9.17, 15) is 22.0 Å². The first-order valence-electron chi connectivity index (χ1n) is 10.3. The lowest BCUT2D eigenvalue weighted by molar-refractivity contribution is -0.141. The lowest BCUT2D eigenvalue weighted by Crippen LogP contribution is -2.26. The number of nitrogens with zero attached hydrogens (tertiary/aromatic N) is 6. The van der Waals surface area contributed by atoms with Crippen LogP contribution in [0.25, 0.3) is 11.2 Å². The van der Waals surface area contributed by atoms with Gasteiger partial charge in [0.2, 0.25) is 0 Å². The second kappa shape index (κ2) is 7.82. The molecule has 1 aliphatic heterocycles. The van der Waals surface area contributed by atoms with E-state index in [0.717, 1.165) is 23.6 Å². The molecule has 0 radical (unpaired) electrons. The predicted molar refractivity (Wildman–Crippen MR) is 106 cm³/mol. The van der Waals surface area contributed by atoms with Gasteiger partial charge in [-0.1, -0.05) is 6.07 Å². The average molecular weight is 453 g/mol. The number of pyridine rings is 1. The van der Waals surface area contributed by atoms with E-state index >= 15 is 0 Å². The number of nitrogens with one attached hydrogen (secondary N) is 1. The molecular formula is C20H20F5N7. The second-order valence-electron chi connectivity index (χ2n) is 8.30. The quantitative estimate of drug-likeness (QED) is 0.592. The van der Waals surface area contributed by atoms with Crippen LogP contribution < -0.4 is 10.2 Å². The first-order valence-corrected chi connectivity index (χ1v) is 10.3. The lowest BCUT2D eigenvalue weighted by atomic mass is 10.0. The highest BCUT2D eigenvalue weighted by molar-refractivity contribution is 5.71. The summed E-state index contributed by atoms with van der Waals surface area (Å²) in [5.41, 5.74) is -0.134. The van der Waals surface area contributed by atoms with Gasteiger partial charge in [-0.25, -0.2) is 28.4 Å². The minimum absolute atomic E-state index is 0.125. The summed E-state index contributed by atoms with van der Waals surface area (Å²) in [6.45, 7) is 0.737. The van der Waals surface area contributed by atoms with Crippen molar-refractivity contribution < 1.29 is 22.0 Å². The van der Waals surface area contributed by atoms with Gasteiger partial charge in [0, 0.05) is 19.1 Å². The first-order chi connectivity index (χ1) is 15.3. The maximum atomic E-state index is 13.0. The van der Waals surface area contributed by atoms with Gasteiger partial charge in [0.05, 0.1) is 12.4 Å². The van der Waals surface area contributed by atoms with Crippen molar-refractivity contribution in [1.82, 2.24) is 24.7 Å². The van der Waals surface area contributed by atoms with Crippen LogP contribution in [-0.4, -0.2) is 50.3 Å². The van der Waals surface area contributed by atoms with Crippen LogP contribution in [-0.2, 0) is 12.7 Å². The summed E-state index contributed by atoms with van der Waals surface area (Å²) in [6, 6.07) is 4.10. The van der Waals surface area contributed by atoms with Crippen molar-refractivity contribution in [1.29, 1.82) is 0 Å². The zero-order valence-corrected chi connectivity index (χ0v) is 16.8. The van der Waals surface area contributed by atoms with Crippen molar-refractivity contribution in [2.24, 2.45) is 11.8 Å². The van der Waals surface area contributed by atoms with Gasteiger partial charge in [-0.3, -0.25) is 0 Å².